The Hall–Kier alpha value is -6.99. The van der Waals surface area contributed by atoms with Gasteiger partial charge in [0, 0.05) is 37.4 Å². The lowest BCUT2D eigenvalue weighted by Crippen LogP contribution is -2.53. The number of hydrogen-bond donors (Lipinski definition) is 3. The van der Waals surface area contributed by atoms with Gasteiger partial charge in [-0.2, -0.15) is 8.42 Å². The summed E-state index contributed by atoms with van der Waals surface area (Å²) in [5.74, 6) is 1.16. The zero-order chi connectivity index (χ0) is 58.3. The molecule has 0 aliphatic rings. The maximum absolute atomic E-state index is 12.8. The molecular formula is C53H74N6O16S2. The molecule has 22 nitrogen and oxygen atoms in total. The molecule has 0 saturated heterocycles. The van der Waals surface area contributed by atoms with Crippen LogP contribution in [0.1, 0.15) is 87.3 Å². The highest BCUT2D eigenvalue weighted by Crippen LogP contribution is 2.22. The third-order valence-corrected chi connectivity index (χ3v) is 9.90. The van der Waals surface area contributed by atoms with Gasteiger partial charge in [-0.15, -0.1) is 10.1 Å². The molecule has 0 aliphatic carbocycles. The monoisotopic (exact) mass is 1110 g/mol. The minimum Gasteiger partial charge on any atom is -0.444 e. The van der Waals surface area contributed by atoms with Crippen molar-refractivity contribution in [1.29, 1.82) is 0 Å². The van der Waals surface area contributed by atoms with Gasteiger partial charge in [-0.1, -0.05) is 88.4 Å². The largest absolute Gasteiger partial charge is 0.508 e. The fourth-order valence-electron chi connectivity index (χ4n) is 6.94. The molecule has 24 heteroatoms. The zero-order valence-electron chi connectivity index (χ0n) is 45.5. The molecule has 0 aromatic heterocycles. The Morgan fingerprint density at radius 3 is 1.30 bits per heavy atom. The van der Waals surface area contributed by atoms with Crippen molar-refractivity contribution in [3.63, 3.8) is 0 Å². The number of benzene rings is 4. The van der Waals surface area contributed by atoms with E-state index in [0.29, 0.717) is 37.4 Å². The van der Waals surface area contributed by atoms with Crippen LogP contribution in [0.25, 0.3) is 0 Å². The maximum atomic E-state index is 12.8. The van der Waals surface area contributed by atoms with Gasteiger partial charge in [-0.05, 0) is 109 Å². The van der Waals surface area contributed by atoms with Crippen LogP contribution in [-0.4, -0.2) is 120 Å². The molecule has 0 heterocycles. The Balaban J connectivity index is 0.000000729. The Bertz CT molecular complexity index is 2340. The zero-order valence-corrected chi connectivity index (χ0v) is 47.1. The number of non-ortho nitro benzene ring substituents is 2. The van der Waals surface area contributed by atoms with Gasteiger partial charge in [0.1, 0.15) is 28.8 Å². The topological polar surface area (TPSA) is 278 Å². The number of aliphatic hydroxyl groups is 1. The van der Waals surface area contributed by atoms with Crippen molar-refractivity contribution in [2.24, 2.45) is 11.8 Å². The fraction of sp³-hybridized carbons (Fsp3) is 0.491. The number of ether oxygens (including phenoxy) is 4. The Labute approximate surface area is 461 Å². The van der Waals surface area contributed by atoms with Crippen LogP contribution in [0.2, 0.25) is 0 Å². The van der Waals surface area contributed by atoms with E-state index >= 15 is 0 Å². The number of nitro groups is 2. The van der Waals surface area contributed by atoms with Crippen LogP contribution < -0.4 is 20.3 Å². The predicted molar refractivity (Wildman–Crippen MR) is 291 cm³/mol. The number of carbonyl (C=O) groups is 3. The standard InChI is InChI=1S/C28H39N3O8.C25H35N3O6.2OS/c1-7-36-27(33)37-25(19-30(18-20(2)3)39-23-15-13-22(14-16-23)31(34)35)24(17-21-11-9-8-10-12-21)29-26(32)38-28(4,5)6;1-18(2)16-27(34-21-13-11-20(12-14-21)28(31)32)17-23(29)22(15-19-9-7-6-8-10-19)26-24(30)33-25(3,4)5;2*1-2/h8-16,20,24-25H,7,17-19H2,1-6H3,(H,29,32);6-14,18,22-23,29H,15-17H2,1-5H3,(H,26,30);;/t24-,25+;22-,23+;;/m00../s1. The van der Waals surface area contributed by atoms with Gasteiger partial charge in [0.2, 0.25) is 0 Å². The Kier molecular flexibility index (Phi) is 31.2. The highest BCUT2D eigenvalue weighted by atomic mass is 32.1. The first kappa shape index (κ1) is 68.0. The SMILES string of the molecule is CC(C)CN(C[C@@H](O)[C@H](Cc1ccccc1)NC(=O)OC(C)(C)C)Oc1ccc([N+](=O)[O-])cc1.CCOC(=O)O[C@H](CN(CC(C)C)Oc1ccc([N+](=O)[O-])cc1)[C@H](Cc1ccccc1)NC(=O)OC(C)(C)C.O=S.O=S. The van der Waals surface area contributed by atoms with Gasteiger partial charge >= 0.3 is 18.3 Å². The average Bonchev–Trinajstić information content (AvgIpc) is 3.34. The van der Waals surface area contributed by atoms with Crippen LogP contribution in [-0.2, 0) is 56.9 Å². The summed E-state index contributed by atoms with van der Waals surface area (Å²) >= 11 is 5.67. The van der Waals surface area contributed by atoms with Gasteiger partial charge < -0.3 is 44.4 Å². The summed E-state index contributed by atoms with van der Waals surface area (Å²) < 4.78 is 37.3. The molecule has 0 bridgehead atoms. The number of nitrogens with zero attached hydrogens (tertiary/aromatic N) is 4. The molecule has 424 valence electrons. The first-order valence-corrected chi connectivity index (χ1v) is 25.2. The van der Waals surface area contributed by atoms with E-state index < -0.39 is 63.7 Å². The summed E-state index contributed by atoms with van der Waals surface area (Å²) in [6, 6.07) is 29.1. The van der Waals surface area contributed by atoms with Crippen LogP contribution in [0.3, 0.4) is 0 Å². The predicted octanol–water partition coefficient (Wildman–Crippen LogP) is 9.20. The summed E-state index contributed by atoms with van der Waals surface area (Å²) in [6.07, 6.45) is -3.32. The number of nitro benzene ring substituents is 2. The van der Waals surface area contributed by atoms with Crippen molar-refractivity contribution >= 4 is 54.8 Å². The minimum absolute atomic E-state index is 0.0349. The van der Waals surface area contributed by atoms with E-state index in [2.05, 4.69) is 35.7 Å². The lowest BCUT2D eigenvalue weighted by molar-refractivity contribution is -0.385. The van der Waals surface area contributed by atoms with E-state index in [0.717, 1.165) is 11.1 Å². The number of carbonyl (C=O) groups excluding carboxylic acids is 3. The number of nitrogens with one attached hydrogen (secondary N) is 2. The molecule has 77 heavy (non-hydrogen) atoms. The van der Waals surface area contributed by atoms with Crippen molar-refractivity contribution in [2.45, 2.75) is 124 Å². The van der Waals surface area contributed by atoms with Gasteiger partial charge in [-0.3, -0.25) is 20.2 Å². The summed E-state index contributed by atoms with van der Waals surface area (Å²) in [5, 5.41) is 41.9. The van der Waals surface area contributed by atoms with Gasteiger partial charge in [0.25, 0.3) is 11.4 Å². The number of hydroxylamine groups is 4. The van der Waals surface area contributed by atoms with E-state index in [1.165, 1.54) is 48.5 Å². The molecule has 4 aromatic rings. The maximum Gasteiger partial charge on any atom is 0.508 e. The smallest absolute Gasteiger partial charge is 0.444 e. The van der Waals surface area contributed by atoms with Crippen molar-refractivity contribution < 1.29 is 66.4 Å². The summed E-state index contributed by atoms with van der Waals surface area (Å²) in [7, 11) is 0. The first-order valence-electron chi connectivity index (χ1n) is 24.6. The van der Waals surface area contributed by atoms with Crippen molar-refractivity contribution in [2.75, 3.05) is 32.8 Å². The number of amides is 2. The van der Waals surface area contributed by atoms with Crippen LogP contribution >= 0.6 is 0 Å². The van der Waals surface area contributed by atoms with Gasteiger partial charge in [-0.25, -0.2) is 14.4 Å². The second kappa shape index (κ2) is 35.4. The van der Waals surface area contributed by atoms with E-state index in [-0.39, 0.29) is 42.9 Å². The van der Waals surface area contributed by atoms with Crippen LogP contribution in [0.4, 0.5) is 25.8 Å². The Morgan fingerprint density at radius 1 is 0.584 bits per heavy atom. The summed E-state index contributed by atoms with van der Waals surface area (Å²) in [6.45, 7) is 21.5. The molecule has 0 fully saturated rings. The third kappa shape index (κ3) is 29.8. The molecule has 0 spiro atoms. The fourth-order valence-corrected chi connectivity index (χ4v) is 6.94. The van der Waals surface area contributed by atoms with Crippen LogP contribution in [0, 0.1) is 32.1 Å². The molecule has 4 rings (SSSR count). The molecule has 4 atom stereocenters. The van der Waals surface area contributed by atoms with E-state index in [9.17, 15) is 39.7 Å². The van der Waals surface area contributed by atoms with Crippen molar-refractivity contribution in [3.8, 4) is 11.5 Å². The van der Waals surface area contributed by atoms with Crippen molar-refractivity contribution in [3.05, 3.63) is 141 Å². The number of alkyl carbamates (subject to hydrolysis) is 2. The van der Waals surface area contributed by atoms with E-state index in [1.807, 2.05) is 88.4 Å². The molecule has 0 aliphatic heterocycles. The molecule has 0 unspecified atom stereocenters. The van der Waals surface area contributed by atoms with Crippen LogP contribution in [0.15, 0.2) is 109 Å². The van der Waals surface area contributed by atoms with Crippen molar-refractivity contribution in [1.82, 2.24) is 20.8 Å². The lowest BCUT2D eigenvalue weighted by atomic mass is 10.0. The highest BCUT2D eigenvalue weighted by molar-refractivity contribution is 7.44. The highest BCUT2D eigenvalue weighted by Gasteiger charge is 2.33. The molecule has 0 saturated carbocycles. The van der Waals surface area contributed by atoms with E-state index in [4.69, 9.17) is 37.0 Å². The molecule has 2 amide bonds. The molecule has 0 radical (unpaired) electrons. The first-order chi connectivity index (χ1) is 36.3. The number of rotatable bonds is 24. The molecule has 3 N–H and O–H groups in total. The number of hydrogen-bond acceptors (Lipinski definition) is 20. The second-order valence-electron chi connectivity index (χ2n) is 20.0. The summed E-state index contributed by atoms with van der Waals surface area (Å²) in [5.41, 5.74) is 0.353. The lowest BCUT2D eigenvalue weighted by Gasteiger charge is -2.33. The third-order valence-electron chi connectivity index (χ3n) is 9.90. The van der Waals surface area contributed by atoms with Gasteiger partial charge in [0.15, 0.2) is 25.1 Å². The Morgan fingerprint density at radius 2 is 0.948 bits per heavy atom. The minimum atomic E-state index is -0.982. The normalized spacial score (nSPS) is 12.6. The van der Waals surface area contributed by atoms with E-state index in [1.54, 1.807) is 58.6 Å². The molecular weight excluding hydrogens is 1040 g/mol. The summed E-state index contributed by atoms with van der Waals surface area (Å²) in [4.78, 5) is 70.7. The van der Waals surface area contributed by atoms with Gasteiger partial charge in [0.05, 0.1) is 47.7 Å². The average molecular weight is 1120 g/mol. The second-order valence-corrected chi connectivity index (χ2v) is 20.0. The quantitative estimate of drug-likeness (QED) is 0.0255. The van der Waals surface area contributed by atoms with Crippen LogP contribution in [0.5, 0.6) is 11.5 Å². The number of aliphatic hydroxyl groups excluding tert-OH is 1. The molecule has 4 aromatic carbocycles.